The van der Waals surface area contributed by atoms with Crippen molar-refractivity contribution in [3.63, 3.8) is 0 Å². The zero-order chi connectivity index (χ0) is 14.0. The van der Waals surface area contributed by atoms with Crippen molar-refractivity contribution in [3.8, 4) is 0 Å². The summed E-state index contributed by atoms with van der Waals surface area (Å²) in [7, 11) is -3.26. The van der Waals surface area contributed by atoms with Gasteiger partial charge in [-0.1, -0.05) is 42.5 Å². The third kappa shape index (κ3) is 2.96. The summed E-state index contributed by atoms with van der Waals surface area (Å²) in [4.78, 5) is 0. The minimum Gasteiger partial charge on any atom is -0.212 e. The van der Waals surface area contributed by atoms with Crippen LogP contribution in [0.4, 0.5) is 0 Å². The molecule has 0 aliphatic carbocycles. The highest BCUT2D eigenvalue weighted by Gasteiger charge is 2.20. The summed E-state index contributed by atoms with van der Waals surface area (Å²) in [6.45, 7) is 5.23. The highest BCUT2D eigenvalue weighted by molar-refractivity contribution is 7.90. The number of hydrogen-bond acceptors (Lipinski definition) is 2. The molecule has 3 nitrogen and oxygen atoms in total. The molecule has 0 heterocycles. The molecule has 1 N–H and O–H groups in total. The van der Waals surface area contributed by atoms with E-state index in [0.29, 0.717) is 0 Å². The molecule has 0 aromatic heterocycles. The van der Waals surface area contributed by atoms with Gasteiger partial charge >= 0.3 is 0 Å². The van der Waals surface area contributed by atoms with Crippen LogP contribution in [0, 0.1) is 0 Å². The first-order valence-electron chi connectivity index (χ1n) is 6.40. The minimum atomic E-state index is -3.26. The predicted octanol–water partition coefficient (Wildman–Crippen LogP) is 3.23. The van der Waals surface area contributed by atoms with Crippen molar-refractivity contribution in [1.82, 2.24) is 4.72 Å². The lowest BCUT2D eigenvalue weighted by atomic mass is 10.0. The largest absolute Gasteiger partial charge is 0.214 e. The predicted molar refractivity (Wildman–Crippen MR) is 79.6 cm³/mol. The summed E-state index contributed by atoms with van der Waals surface area (Å²) in [5, 5.41) is 1.78. The third-order valence-corrected chi connectivity index (χ3v) is 5.17. The molecule has 0 aliphatic rings. The monoisotopic (exact) mass is 277 g/mol. The third-order valence-electron chi connectivity index (χ3n) is 3.25. The smallest absolute Gasteiger partial charge is 0.212 e. The molecule has 4 heteroatoms. The van der Waals surface area contributed by atoms with E-state index < -0.39 is 15.3 Å². The normalized spacial score (nSPS) is 13.9. The number of benzene rings is 2. The highest BCUT2D eigenvalue weighted by atomic mass is 32.2. The Bertz CT molecular complexity index is 672. The topological polar surface area (TPSA) is 46.2 Å². The fourth-order valence-electron chi connectivity index (χ4n) is 2.07. The highest BCUT2D eigenvalue weighted by Crippen LogP contribution is 2.24. The summed E-state index contributed by atoms with van der Waals surface area (Å²) < 4.78 is 26.6. The van der Waals surface area contributed by atoms with Crippen LogP contribution in [0.25, 0.3) is 10.8 Å². The van der Waals surface area contributed by atoms with Crippen LogP contribution < -0.4 is 4.72 Å². The van der Waals surface area contributed by atoms with Gasteiger partial charge in [-0.2, -0.15) is 0 Å². The molecule has 19 heavy (non-hydrogen) atoms. The Morgan fingerprint density at radius 1 is 0.947 bits per heavy atom. The van der Waals surface area contributed by atoms with E-state index in [0.717, 1.165) is 16.3 Å². The van der Waals surface area contributed by atoms with Gasteiger partial charge in [-0.15, -0.1) is 0 Å². The van der Waals surface area contributed by atoms with Gasteiger partial charge in [0.1, 0.15) is 0 Å². The number of hydrogen-bond donors (Lipinski definition) is 1. The van der Waals surface area contributed by atoms with Gasteiger partial charge in [-0.3, -0.25) is 0 Å². The van der Waals surface area contributed by atoms with E-state index in [4.69, 9.17) is 0 Å². The van der Waals surface area contributed by atoms with E-state index >= 15 is 0 Å². The zero-order valence-corrected chi connectivity index (χ0v) is 12.2. The Morgan fingerprint density at radius 3 is 2.26 bits per heavy atom. The Balaban J connectivity index is 2.40. The molecule has 0 fully saturated rings. The van der Waals surface area contributed by atoms with Crippen molar-refractivity contribution >= 4 is 20.8 Å². The van der Waals surface area contributed by atoms with Gasteiger partial charge in [0.25, 0.3) is 0 Å². The van der Waals surface area contributed by atoms with E-state index in [1.807, 2.05) is 49.4 Å². The summed E-state index contributed by atoms with van der Waals surface area (Å²) in [5.74, 6) is 0. The lowest BCUT2D eigenvalue weighted by Crippen LogP contribution is -2.32. The molecule has 1 unspecified atom stereocenters. The summed E-state index contributed by atoms with van der Waals surface area (Å²) in [6, 6.07) is 13.7. The maximum Gasteiger partial charge on any atom is 0.214 e. The number of sulfonamides is 1. The molecule has 0 amide bonds. The first kappa shape index (κ1) is 14.0. The van der Waals surface area contributed by atoms with E-state index in [2.05, 4.69) is 4.72 Å². The van der Waals surface area contributed by atoms with Crippen molar-refractivity contribution < 1.29 is 8.42 Å². The molecule has 2 aromatic rings. The van der Waals surface area contributed by atoms with Crippen LogP contribution in [-0.2, 0) is 10.0 Å². The summed E-state index contributed by atoms with van der Waals surface area (Å²) in [6.07, 6.45) is 0. The van der Waals surface area contributed by atoms with Crippen LogP contribution in [0.15, 0.2) is 42.5 Å². The Labute approximate surface area is 114 Å². The van der Waals surface area contributed by atoms with Gasteiger partial charge in [-0.05, 0) is 37.1 Å². The molecule has 2 aromatic carbocycles. The van der Waals surface area contributed by atoms with Gasteiger partial charge in [0.2, 0.25) is 10.0 Å². The molecule has 102 valence electrons. The lowest BCUT2D eigenvalue weighted by Gasteiger charge is -2.18. The van der Waals surface area contributed by atoms with Gasteiger partial charge in [0.15, 0.2) is 0 Å². The maximum absolute atomic E-state index is 11.9. The number of fused-ring (bicyclic) bond motifs is 1. The van der Waals surface area contributed by atoms with Crippen LogP contribution in [0.5, 0.6) is 0 Å². The second kappa shape index (κ2) is 5.31. The fourth-order valence-corrected chi connectivity index (χ4v) is 2.97. The molecule has 0 saturated carbocycles. The van der Waals surface area contributed by atoms with Gasteiger partial charge in [-0.25, -0.2) is 13.1 Å². The maximum atomic E-state index is 11.9. The molecule has 0 saturated heterocycles. The van der Waals surface area contributed by atoms with Crippen molar-refractivity contribution in [2.75, 3.05) is 0 Å². The number of rotatable bonds is 4. The van der Waals surface area contributed by atoms with Gasteiger partial charge in [0, 0.05) is 6.04 Å². The average molecular weight is 277 g/mol. The van der Waals surface area contributed by atoms with E-state index in [-0.39, 0.29) is 6.04 Å². The second-order valence-corrected chi connectivity index (χ2v) is 7.27. The van der Waals surface area contributed by atoms with Gasteiger partial charge < -0.3 is 0 Å². The molecule has 2 rings (SSSR count). The molecule has 0 radical (unpaired) electrons. The first-order chi connectivity index (χ1) is 8.92. The minimum absolute atomic E-state index is 0.238. The summed E-state index contributed by atoms with van der Waals surface area (Å²) >= 11 is 0. The van der Waals surface area contributed by atoms with Crippen LogP contribution >= 0.6 is 0 Å². The Morgan fingerprint density at radius 2 is 1.58 bits per heavy atom. The van der Waals surface area contributed by atoms with Crippen LogP contribution in [0.2, 0.25) is 0 Å². The van der Waals surface area contributed by atoms with E-state index in [1.54, 1.807) is 13.8 Å². The molecular weight excluding hydrogens is 258 g/mol. The van der Waals surface area contributed by atoms with Crippen molar-refractivity contribution in [2.45, 2.75) is 32.1 Å². The van der Waals surface area contributed by atoms with Crippen LogP contribution in [-0.4, -0.2) is 13.7 Å². The van der Waals surface area contributed by atoms with Crippen molar-refractivity contribution in [2.24, 2.45) is 0 Å². The van der Waals surface area contributed by atoms with Gasteiger partial charge in [0.05, 0.1) is 5.25 Å². The second-order valence-electron chi connectivity index (χ2n) is 5.00. The Hall–Kier alpha value is -1.39. The van der Waals surface area contributed by atoms with Crippen LogP contribution in [0.3, 0.4) is 0 Å². The van der Waals surface area contributed by atoms with E-state index in [9.17, 15) is 8.42 Å². The lowest BCUT2D eigenvalue weighted by molar-refractivity contribution is 0.558. The van der Waals surface area contributed by atoms with E-state index in [1.165, 1.54) is 0 Å². The van der Waals surface area contributed by atoms with Crippen LogP contribution in [0.1, 0.15) is 32.4 Å². The zero-order valence-electron chi connectivity index (χ0n) is 11.4. The Kier molecular flexibility index (Phi) is 3.92. The quantitative estimate of drug-likeness (QED) is 0.932. The molecular formula is C15H19NO2S. The number of nitrogens with one attached hydrogen (secondary N) is 1. The molecule has 0 spiro atoms. The SMILES string of the molecule is CC(NS(=O)(=O)C(C)C)c1cccc2ccccc12. The average Bonchev–Trinajstić information content (AvgIpc) is 2.37. The molecule has 1 atom stereocenters. The molecule has 0 bridgehead atoms. The summed E-state index contributed by atoms with van der Waals surface area (Å²) in [5.41, 5.74) is 1.00. The molecule has 0 aliphatic heterocycles. The standard InChI is InChI=1S/C15H19NO2S/c1-11(2)19(17,18)16-12(3)14-10-6-8-13-7-4-5-9-15(13)14/h4-12,16H,1-3H3. The van der Waals surface area contributed by atoms with Crippen molar-refractivity contribution in [1.29, 1.82) is 0 Å². The fraction of sp³-hybridized carbons (Fsp3) is 0.333. The first-order valence-corrected chi connectivity index (χ1v) is 7.95. The van der Waals surface area contributed by atoms with Crippen molar-refractivity contribution in [3.05, 3.63) is 48.0 Å².